The molecular formula is C22H19N3O4S2. The Morgan fingerprint density at radius 3 is 2.77 bits per heavy atom. The van der Waals surface area contributed by atoms with Crippen molar-refractivity contribution < 1.29 is 18.7 Å². The molecule has 1 N–H and O–H groups in total. The van der Waals surface area contributed by atoms with Gasteiger partial charge in [0.1, 0.15) is 5.75 Å². The minimum atomic E-state index is -0.885. The van der Waals surface area contributed by atoms with Crippen LogP contribution in [0.2, 0.25) is 0 Å². The fourth-order valence-corrected chi connectivity index (χ4v) is 4.03. The Kier molecular flexibility index (Phi) is 6.63. The molecule has 9 heteroatoms. The molecule has 1 amide bonds. The molecule has 2 heterocycles. The maximum Gasteiger partial charge on any atom is 0.317 e. The van der Waals surface area contributed by atoms with Crippen LogP contribution in [0.1, 0.15) is 11.8 Å². The maximum atomic E-state index is 12.1. The zero-order chi connectivity index (χ0) is 21.6. The van der Waals surface area contributed by atoms with Crippen molar-refractivity contribution in [1.82, 2.24) is 15.5 Å². The number of hydrogen-bond acceptors (Lipinski definition) is 8. The Morgan fingerprint density at radius 2 is 1.97 bits per heavy atom. The first-order valence-electron chi connectivity index (χ1n) is 9.53. The number of amides is 1. The van der Waals surface area contributed by atoms with Gasteiger partial charge in [0.05, 0.1) is 6.54 Å². The van der Waals surface area contributed by atoms with Crippen molar-refractivity contribution in [3.05, 3.63) is 64.9 Å². The molecule has 4 rings (SSSR count). The van der Waals surface area contributed by atoms with Crippen molar-refractivity contribution in [3.8, 4) is 11.5 Å². The first kappa shape index (κ1) is 21.1. The fraction of sp³-hybridized carbons (Fsp3) is 0.182. The Morgan fingerprint density at radius 1 is 1.13 bits per heavy atom. The summed E-state index contributed by atoms with van der Waals surface area (Å²) < 4.78 is 10.8. The third-order valence-electron chi connectivity index (χ3n) is 4.41. The third kappa shape index (κ3) is 5.50. The summed E-state index contributed by atoms with van der Waals surface area (Å²) in [5.41, 5.74) is 0.802. The Labute approximate surface area is 186 Å². The summed E-state index contributed by atoms with van der Waals surface area (Å²) in [7, 11) is 0. The van der Waals surface area contributed by atoms with Crippen LogP contribution in [0.4, 0.5) is 0 Å². The van der Waals surface area contributed by atoms with E-state index in [1.165, 1.54) is 6.92 Å². The monoisotopic (exact) mass is 453 g/mol. The van der Waals surface area contributed by atoms with Gasteiger partial charge in [-0.15, -0.1) is 21.5 Å². The van der Waals surface area contributed by atoms with E-state index in [-0.39, 0.29) is 16.9 Å². The quantitative estimate of drug-likeness (QED) is 0.314. The zero-order valence-corrected chi connectivity index (χ0v) is 18.2. The number of thioether (sulfide) groups is 1. The summed E-state index contributed by atoms with van der Waals surface area (Å²) in [5, 5.41) is 15.2. The van der Waals surface area contributed by atoms with Crippen LogP contribution in [0.15, 0.2) is 69.6 Å². The molecule has 0 bridgehead atoms. The van der Waals surface area contributed by atoms with Crippen molar-refractivity contribution in [2.24, 2.45) is 0 Å². The number of thiophene rings is 1. The highest BCUT2D eigenvalue weighted by molar-refractivity contribution is 7.99. The Hall–Kier alpha value is -3.17. The van der Waals surface area contributed by atoms with E-state index >= 15 is 0 Å². The summed E-state index contributed by atoms with van der Waals surface area (Å²) in [6.07, 6.45) is -0.885. The van der Waals surface area contributed by atoms with E-state index in [0.29, 0.717) is 12.4 Å². The lowest BCUT2D eigenvalue weighted by Gasteiger charge is -2.12. The number of aromatic nitrogens is 2. The summed E-state index contributed by atoms with van der Waals surface area (Å²) >= 11 is 2.62. The number of carbonyl (C=O) groups excluding carboxylic acids is 2. The second kappa shape index (κ2) is 9.76. The molecule has 31 heavy (non-hydrogen) atoms. The first-order chi connectivity index (χ1) is 15.1. The first-order valence-corrected chi connectivity index (χ1v) is 11.4. The lowest BCUT2D eigenvalue weighted by molar-refractivity contribution is -0.152. The molecule has 0 spiro atoms. The molecule has 0 aliphatic heterocycles. The second-order valence-corrected chi connectivity index (χ2v) is 8.61. The van der Waals surface area contributed by atoms with Crippen LogP contribution in [-0.4, -0.2) is 33.9 Å². The molecule has 0 unspecified atom stereocenters. The SMILES string of the molecule is C[C@H](OC(=O)CSc1nnc(-c2ccc3ccccc3c2)o1)C(=O)NCc1cccs1. The van der Waals surface area contributed by atoms with Gasteiger partial charge >= 0.3 is 5.97 Å². The van der Waals surface area contributed by atoms with E-state index in [1.54, 1.807) is 11.3 Å². The minimum Gasteiger partial charge on any atom is -0.452 e. The highest BCUT2D eigenvalue weighted by Gasteiger charge is 2.19. The number of nitrogens with one attached hydrogen (secondary N) is 1. The van der Waals surface area contributed by atoms with Crippen molar-refractivity contribution >= 4 is 45.7 Å². The number of carbonyl (C=O) groups is 2. The van der Waals surface area contributed by atoms with Crippen LogP contribution in [0.5, 0.6) is 0 Å². The predicted octanol–water partition coefficient (Wildman–Crippen LogP) is 4.29. The highest BCUT2D eigenvalue weighted by Crippen LogP contribution is 2.26. The second-order valence-electron chi connectivity index (χ2n) is 6.65. The van der Waals surface area contributed by atoms with Gasteiger partial charge in [-0.2, -0.15) is 0 Å². The van der Waals surface area contributed by atoms with Gasteiger partial charge < -0.3 is 14.5 Å². The highest BCUT2D eigenvalue weighted by atomic mass is 32.2. The fourth-order valence-electron chi connectivity index (χ4n) is 2.84. The van der Waals surface area contributed by atoms with Crippen molar-refractivity contribution in [1.29, 1.82) is 0 Å². The van der Waals surface area contributed by atoms with Gasteiger partial charge in [0.25, 0.3) is 11.1 Å². The average Bonchev–Trinajstić information content (AvgIpc) is 3.48. The molecule has 0 fully saturated rings. The number of esters is 1. The number of benzene rings is 2. The van der Waals surface area contributed by atoms with E-state index in [1.807, 2.05) is 60.0 Å². The lowest BCUT2D eigenvalue weighted by Crippen LogP contribution is -2.35. The maximum absolute atomic E-state index is 12.1. The van der Waals surface area contributed by atoms with Crippen LogP contribution >= 0.6 is 23.1 Å². The van der Waals surface area contributed by atoms with Crippen LogP contribution in [-0.2, 0) is 20.9 Å². The molecule has 2 aromatic carbocycles. The van der Waals surface area contributed by atoms with E-state index in [0.717, 1.165) is 33.0 Å². The molecule has 2 aromatic heterocycles. The van der Waals surface area contributed by atoms with Gasteiger partial charge in [-0.05, 0) is 41.3 Å². The molecule has 7 nitrogen and oxygen atoms in total. The minimum absolute atomic E-state index is 0.0398. The number of hydrogen-bond donors (Lipinski definition) is 1. The molecule has 0 radical (unpaired) electrons. The third-order valence-corrected chi connectivity index (χ3v) is 6.08. The van der Waals surface area contributed by atoms with Crippen molar-refractivity contribution in [2.45, 2.75) is 24.8 Å². The smallest absolute Gasteiger partial charge is 0.317 e. The van der Waals surface area contributed by atoms with Crippen molar-refractivity contribution in [2.75, 3.05) is 5.75 Å². The van der Waals surface area contributed by atoms with Crippen LogP contribution in [0.25, 0.3) is 22.2 Å². The van der Waals surface area contributed by atoms with Gasteiger partial charge in [-0.25, -0.2) is 0 Å². The Balaban J connectivity index is 1.27. The zero-order valence-electron chi connectivity index (χ0n) is 16.6. The molecule has 0 saturated heterocycles. The summed E-state index contributed by atoms with van der Waals surface area (Å²) in [6.45, 7) is 1.95. The summed E-state index contributed by atoms with van der Waals surface area (Å²) in [4.78, 5) is 25.2. The molecule has 0 saturated carbocycles. The molecule has 0 aliphatic carbocycles. The number of nitrogens with zero attached hydrogens (tertiary/aromatic N) is 2. The number of ether oxygens (including phenoxy) is 1. The van der Waals surface area contributed by atoms with Crippen LogP contribution < -0.4 is 5.32 Å². The van der Waals surface area contributed by atoms with Gasteiger partial charge in [0, 0.05) is 10.4 Å². The predicted molar refractivity (Wildman–Crippen MR) is 120 cm³/mol. The van der Waals surface area contributed by atoms with Gasteiger partial charge in [0.15, 0.2) is 6.10 Å². The largest absolute Gasteiger partial charge is 0.452 e. The Bertz CT molecular complexity index is 1190. The van der Waals surface area contributed by atoms with Crippen LogP contribution in [0.3, 0.4) is 0 Å². The molecule has 4 aromatic rings. The van der Waals surface area contributed by atoms with E-state index < -0.39 is 12.1 Å². The molecule has 1 atom stereocenters. The lowest BCUT2D eigenvalue weighted by atomic mass is 10.1. The van der Waals surface area contributed by atoms with Crippen LogP contribution in [0, 0.1) is 0 Å². The van der Waals surface area contributed by atoms with E-state index in [4.69, 9.17) is 9.15 Å². The molecule has 0 aliphatic rings. The van der Waals surface area contributed by atoms with Gasteiger partial charge in [-0.1, -0.05) is 48.2 Å². The van der Waals surface area contributed by atoms with Gasteiger partial charge in [0.2, 0.25) is 5.89 Å². The average molecular weight is 454 g/mol. The standard InChI is InChI=1S/C22H19N3O4S2/c1-14(20(27)23-12-18-7-4-10-30-18)28-19(26)13-31-22-25-24-21(29-22)17-9-8-15-5-2-3-6-16(15)11-17/h2-11,14H,12-13H2,1H3,(H,23,27)/t14-/m0/s1. The van der Waals surface area contributed by atoms with E-state index in [2.05, 4.69) is 15.5 Å². The number of fused-ring (bicyclic) bond motifs is 1. The normalized spacial score (nSPS) is 11.9. The number of rotatable bonds is 8. The molecular weight excluding hydrogens is 434 g/mol. The van der Waals surface area contributed by atoms with Gasteiger partial charge in [-0.3, -0.25) is 9.59 Å². The van der Waals surface area contributed by atoms with E-state index in [9.17, 15) is 9.59 Å². The van der Waals surface area contributed by atoms with Crippen molar-refractivity contribution in [3.63, 3.8) is 0 Å². The summed E-state index contributed by atoms with van der Waals surface area (Å²) in [5.74, 6) is -0.540. The topological polar surface area (TPSA) is 94.3 Å². The molecule has 158 valence electrons. The summed E-state index contributed by atoms with van der Waals surface area (Å²) in [6, 6.07) is 17.7.